The van der Waals surface area contributed by atoms with Crippen molar-refractivity contribution in [2.45, 2.75) is 31.6 Å². The second-order valence-corrected chi connectivity index (χ2v) is 7.38. The zero-order chi connectivity index (χ0) is 16.0. The third-order valence-corrected chi connectivity index (χ3v) is 5.26. The van der Waals surface area contributed by atoms with E-state index < -0.39 is 9.84 Å². The van der Waals surface area contributed by atoms with E-state index in [1.54, 1.807) is 25.2 Å². The first-order chi connectivity index (χ1) is 9.77. The van der Waals surface area contributed by atoms with Gasteiger partial charge in [0, 0.05) is 20.0 Å². The number of hydrogen-bond acceptors (Lipinski definition) is 4. The molecule has 0 aliphatic carbocycles. The molecule has 1 aromatic carbocycles. The second-order valence-electron chi connectivity index (χ2n) is 5.27. The predicted octanol–water partition coefficient (Wildman–Crippen LogP) is 1.27. The minimum absolute atomic E-state index is 0.00364. The van der Waals surface area contributed by atoms with E-state index in [0.29, 0.717) is 19.5 Å². The number of benzene rings is 1. The van der Waals surface area contributed by atoms with E-state index in [1.807, 2.05) is 13.8 Å². The van der Waals surface area contributed by atoms with Gasteiger partial charge in [0.2, 0.25) is 5.91 Å². The van der Waals surface area contributed by atoms with Crippen molar-refractivity contribution in [1.82, 2.24) is 4.90 Å². The molecule has 0 heterocycles. The van der Waals surface area contributed by atoms with E-state index in [0.717, 1.165) is 11.1 Å². The molecule has 0 aliphatic heterocycles. The van der Waals surface area contributed by atoms with Gasteiger partial charge in [-0.15, -0.1) is 0 Å². The Kier molecular flexibility index (Phi) is 6.36. The smallest absolute Gasteiger partial charge is 0.223 e. The summed E-state index contributed by atoms with van der Waals surface area (Å²) >= 11 is 0. The molecule has 6 heteroatoms. The maximum atomic E-state index is 12.2. The minimum Gasteiger partial charge on any atom is -0.346 e. The normalized spacial score (nSPS) is 11.4. The molecule has 0 spiro atoms. The Morgan fingerprint density at radius 1 is 1.24 bits per heavy atom. The molecule has 0 aromatic heterocycles. The summed E-state index contributed by atoms with van der Waals surface area (Å²) in [6.45, 7) is 4.87. The van der Waals surface area contributed by atoms with Gasteiger partial charge in [-0.1, -0.05) is 6.07 Å². The van der Waals surface area contributed by atoms with Crippen LogP contribution in [-0.2, 0) is 14.6 Å². The Morgan fingerprint density at radius 3 is 2.48 bits per heavy atom. The molecule has 21 heavy (non-hydrogen) atoms. The van der Waals surface area contributed by atoms with Gasteiger partial charge in [-0.25, -0.2) is 8.42 Å². The summed E-state index contributed by atoms with van der Waals surface area (Å²) in [4.78, 5) is 13.7. The largest absolute Gasteiger partial charge is 0.346 e. The first kappa shape index (κ1) is 17.7. The third kappa shape index (κ3) is 5.13. The second kappa shape index (κ2) is 7.56. The number of carbonyl (C=O) groups is 1. The fourth-order valence-corrected chi connectivity index (χ4v) is 3.20. The molecule has 0 saturated carbocycles. The standard InChI is InChI=1S/C15H24N2O3S/c1-12-5-6-14(11-13(12)2)21(19,20)10-7-15(18)17(3)9-4-8-16/h5-6,11H,4,7-10,16H2,1-3H3. The minimum atomic E-state index is -3.42. The number of amides is 1. The average Bonchev–Trinajstić information content (AvgIpc) is 2.44. The van der Waals surface area contributed by atoms with Crippen LogP contribution >= 0.6 is 0 Å². The van der Waals surface area contributed by atoms with Crippen molar-refractivity contribution in [3.63, 3.8) is 0 Å². The van der Waals surface area contributed by atoms with E-state index in [-0.39, 0.29) is 23.0 Å². The number of rotatable bonds is 7. The van der Waals surface area contributed by atoms with E-state index >= 15 is 0 Å². The number of nitrogens with two attached hydrogens (primary N) is 1. The fourth-order valence-electron chi connectivity index (χ4n) is 1.89. The highest BCUT2D eigenvalue weighted by molar-refractivity contribution is 7.91. The van der Waals surface area contributed by atoms with Gasteiger partial charge < -0.3 is 10.6 Å². The molecule has 1 amide bonds. The molecule has 2 N–H and O–H groups in total. The van der Waals surface area contributed by atoms with Gasteiger partial charge in [-0.3, -0.25) is 4.79 Å². The summed E-state index contributed by atoms with van der Waals surface area (Å²) in [5, 5.41) is 0. The van der Waals surface area contributed by atoms with Crippen LogP contribution in [0.4, 0.5) is 0 Å². The maximum Gasteiger partial charge on any atom is 0.223 e. The van der Waals surface area contributed by atoms with E-state index in [1.165, 1.54) is 4.90 Å². The van der Waals surface area contributed by atoms with Crippen LogP contribution in [-0.4, -0.2) is 45.1 Å². The van der Waals surface area contributed by atoms with Crippen molar-refractivity contribution in [1.29, 1.82) is 0 Å². The Morgan fingerprint density at radius 2 is 1.90 bits per heavy atom. The molecular formula is C15H24N2O3S. The van der Waals surface area contributed by atoms with Gasteiger partial charge in [0.1, 0.15) is 0 Å². The Hall–Kier alpha value is -1.40. The van der Waals surface area contributed by atoms with Gasteiger partial charge in [0.05, 0.1) is 10.6 Å². The SMILES string of the molecule is Cc1ccc(S(=O)(=O)CCC(=O)N(C)CCCN)cc1C. The van der Waals surface area contributed by atoms with Gasteiger partial charge in [-0.05, 0) is 50.1 Å². The summed E-state index contributed by atoms with van der Waals surface area (Å²) in [5.74, 6) is -0.336. The molecule has 0 radical (unpaired) electrons. The fraction of sp³-hybridized carbons (Fsp3) is 0.533. The molecule has 0 aliphatic rings. The molecule has 118 valence electrons. The molecule has 0 fully saturated rings. The molecule has 5 nitrogen and oxygen atoms in total. The summed E-state index contributed by atoms with van der Waals surface area (Å²) in [7, 11) is -1.75. The summed E-state index contributed by atoms with van der Waals surface area (Å²) in [6.07, 6.45) is 0.711. The van der Waals surface area contributed by atoms with Crippen LogP contribution in [0.1, 0.15) is 24.0 Å². The van der Waals surface area contributed by atoms with Crippen molar-refractivity contribution in [2.24, 2.45) is 5.73 Å². The Balaban J connectivity index is 2.68. The van der Waals surface area contributed by atoms with Crippen molar-refractivity contribution in [3.05, 3.63) is 29.3 Å². The summed E-state index contributed by atoms with van der Waals surface area (Å²) in [5.41, 5.74) is 7.37. The van der Waals surface area contributed by atoms with Gasteiger partial charge in [0.25, 0.3) is 0 Å². The topological polar surface area (TPSA) is 80.5 Å². The number of hydrogen-bond donors (Lipinski definition) is 1. The first-order valence-corrected chi connectivity index (χ1v) is 8.67. The number of aryl methyl sites for hydroxylation is 2. The van der Waals surface area contributed by atoms with Gasteiger partial charge in [0.15, 0.2) is 9.84 Å². The zero-order valence-corrected chi connectivity index (χ0v) is 13.7. The van der Waals surface area contributed by atoms with Crippen molar-refractivity contribution < 1.29 is 13.2 Å². The lowest BCUT2D eigenvalue weighted by Gasteiger charge is -2.16. The molecule has 1 aromatic rings. The lowest BCUT2D eigenvalue weighted by atomic mass is 10.1. The van der Waals surface area contributed by atoms with E-state index in [2.05, 4.69) is 0 Å². The highest BCUT2D eigenvalue weighted by Gasteiger charge is 2.18. The van der Waals surface area contributed by atoms with Crippen molar-refractivity contribution >= 4 is 15.7 Å². The van der Waals surface area contributed by atoms with Gasteiger partial charge >= 0.3 is 0 Å². The molecule has 1 rings (SSSR count). The molecule has 0 saturated heterocycles. The third-order valence-electron chi connectivity index (χ3n) is 3.55. The van der Waals surface area contributed by atoms with Crippen LogP contribution in [0.3, 0.4) is 0 Å². The Labute approximate surface area is 127 Å². The van der Waals surface area contributed by atoms with Crippen LogP contribution < -0.4 is 5.73 Å². The Bertz CT molecular complexity index is 597. The molecular weight excluding hydrogens is 288 g/mol. The van der Waals surface area contributed by atoms with Crippen molar-refractivity contribution in [3.8, 4) is 0 Å². The average molecular weight is 312 g/mol. The zero-order valence-electron chi connectivity index (χ0n) is 12.9. The number of sulfone groups is 1. The van der Waals surface area contributed by atoms with Crippen LogP contribution in [0.25, 0.3) is 0 Å². The predicted molar refractivity (Wildman–Crippen MR) is 83.9 cm³/mol. The lowest BCUT2D eigenvalue weighted by Crippen LogP contribution is -2.30. The molecule has 0 bridgehead atoms. The van der Waals surface area contributed by atoms with Crippen LogP contribution in [0.5, 0.6) is 0 Å². The first-order valence-electron chi connectivity index (χ1n) is 7.02. The quantitative estimate of drug-likeness (QED) is 0.822. The van der Waals surface area contributed by atoms with Crippen LogP contribution in [0.2, 0.25) is 0 Å². The summed E-state index contributed by atoms with van der Waals surface area (Å²) < 4.78 is 24.5. The lowest BCUT2D eigenvalue weighted by molar-refractivity contribution is -0.129. The molecule has 0 atom stereocenters. The van der Waals surface area contributed by atoms with Crippen LogP contribution in [0, 0.1) is 13.8 Å². The van der Waals surface area contributed by atoms with Crippen LogP contribution in [0.15, 0.2) is 23.1 Å². The highest BCUT2D eigenvalue weighted by atomic mass is 32.2. The number of nitrogens with zero attached hydrogens (tertiary/aromatic N) is 1. The number of carbonyl (C=O) groups excluding carboxylic acids is 1. The van der Waals surface area contributed by atoms with E-state index in [9.17, 15) is 13.2 Å². The van der Waals surface area contributed by atoms with Crippen molar-refractivity contribution in [2.75, 3.05) is 25.9 Å². The maximum absolute atomic E-state index is 12.2. The monoisotopic (exact) mass is 312 g/mol. The van der Waals surface area contributed by atoms with Gasteiger partial charge in [-0.2, -0.15) is 0 Å². The highest BCUT2D eigenvalue weighted by Crippen LogP contribution is 2.17. The van der Waals surface area contributed by atoms with E-state index in [4.69, 9.17) is 5.73 Å². The molecule has 0 unspecified atom stereocenters. The summed E-state index contributed by atoms with van der Waals surface area (Å²) in [6, 6.07) is 5.05.